The molecule has 34 heavy (non-hydrogen) atoms. The Hall–Kier alpha value is -2.37. The summed E-state index contributed by atoms with van der Waals surface area (Å²) in [4.78, 5) is 13.2. The molecule has 1 fully saturated rings. The van der Waals surface area contributed by atoms with Gasteiger partial charge in [-0.05, 0) is 36.4 Å². The van der Waals surface area contributed by atoms with Crippen LogP contribution in [0.25, 0.3) is 0 Å². The molecule has 1 N–H and O–H groups in total. The van der Waals surface area contributed by atoms with E-state index in [9.17, 15) is 36.2 Å². The van der Waals surface area contributed by atoms with Gasteiger partial charge in [0.25, 0.3) is 0 Å². The summed E-state index contributed by atoms with van der Waals surface area (Å²) in [6.07, 6.45) is 3.94. The Labute approximate surface area is 201 Å². The third-order valence-electron chi connectivity index (χ3n) is 6.65. The smallest absolute Gasteiger partial charge is 0.347 e. The van der Waals surface area contributed by atoms with Gasteiger partial charge in [-0.1, -0.05) is 0 Å². The second kappa shape index (κ2) is 9.01. The molecule has 0 spiro atoms. The lowest BCUT2D eigenvalue weighted by atomic mass is 9.85. The van der Waals surface area contributed by atoms with Gasteiger partial charge in [0.2, 0.25) is 5.60 Å². The number of carbonyl (C=O) groups excluding carboxylic acids is 1. The Balaban J connectivity index is 0.00000324. The van der Waals surface area contributed by atoms with Crippen LogP contribution in [0.3, 0.4) is 0 Å². The second-order valence-electron chi connectivity index (χ2n) is 8.87. The lowest BCUT2D eigenvalue weighted by Gasteiger charge is -2.44. The predicted octanol–water partition coefficient (Wildman–Crippen LogP) is 0.850. The molecule has 2 bridgehead atoms. The summed E-state index contributed by atoms with van der Waals surface area (Å²) in [6, 6.07) is 1.23. The van der Waals surface area contributed by atoms with Gasteiger partial charge in [-0.25, -0.2) is 31.1 Å². The molecule has 2 aliphatic heterocycles. The van der Waals surface area contributed by atoms with Crippen molar-refractivity contribution in [2.24, 2.45) is 0 Å². The highest BCUT2D eigenvalue weighted by atomic mass is 79.9. The standard InChI is InChI=1S/C23H20F6NO3.BrH/c1-30(2)13-3-4-14(30)10-15(9-13)33-22(31)23(32,11-5-16(24)20(28)17(25)6-11)12-7-18(26)21(29)19(27)8-12;/h3-8,13-15,32H,9-10H2,1-2H3;1H/q+1;/p-1/t13-,14?,15?;/m1./s1. The summed E-state index contributed by atoms with van der Waals surface area (Å²) in [7, 11) is 4.00. The summed E-state index contributed by atoms with van der Waals surface area (Å²) < 4.78 is 88.8. The monoisotopic (exact) mass is 551 g/mol. The van der Waals surface area contributed by atoms with Crippen LogP contribution in [0.15, 0.2) is 36.4 Å². The summed E-state index contributed by atoms with van der Waals surface area (Å²) in [5.41, 5.74) is -4.90. The SMILES string of the molecule is C[N+]1(C)C2C=C[C@@H]1CC(OC(=O)C(O)(c1cc(F)c(F)c(F)c1)c1cc(F)c(F)c(F)c1)C2.[Br-]. The molecule has 11 heteroatoms. The van der Waals surface area contributed by atoms with Crippen LogP contribution in [-0.4, -0.2) is 47.8 Å². The number of halogens is 7. The van der Waals surface area contributed by atoms with Crippen LogP contribution in [-0.2, 0) is 15.1 Å². The van der Waals surface area contributed by atoms with Gasteiger partial charge >= 0.3 is 5.97 Å². The molecule has 2 unspecified atom stereocenters. The van der Waals surface area contributed by atoms with Gasteiger partial charge in [-0.2, -0.15) is 0 Å². The van der Waals surface area contributed by atoms with E-state index >= 15 is 0 Å². The molecule has 0 aliphatic carbocycles. The molecule has 2 aromatic carbocycles. The third-order valence-corrected chi connectivity index (χ3v) is 6.65. The van der Waals surface area contributed by atoms with Gasteiger partial charge < -0.3 is 31.3 Å². The van der Waals surface area contributed by atoms with E-state index in [0.29, 0.717) is 41.6 Å². The normalized spacial score (nSPS) is 22.9. The van der Waals surface area contributed by atoms with E-state index in [1.165, 1.54) is 0 Å². The molecule has 4 nitrogen and oxygen atoms in total. The Morgan fingerprint density at radius 2 is 1.21 bits per heavy atom. The van der Waals surface area contributed by atoms with E-state index in [0.717, 1.165) is 0 Å². The largest absolute Gasteiger partial charge is 1.00 e. The number of nitrogens with zero attached hydrogens (tertiary/aromatic N) is 1. The van der Waals surface area contributed by atoms with Gasteiger partial charge in [0.05, 0.1) is 14.1 Å². The molecule has 2 aromatic rings. The number of ether oxygens (including phenoxy) is 1. The van der Waals surface area contributed by atoms with Crippen LogP contribution < -0.4 is 17.0 Å². The molecule has 3 atom stereocenters. The van der Waals surface area contributed by atoms with Crippen LogP contribution in [0.5, 0.6) is 0 Å². The van der Waals surface area contributed by atoms with Crippen molar-refractivity contribution in [1.29, 1.82) is 0 Å². The van der Waals surface area contributed by atoms with Crippen LogP contribution in [0.2, 0.25) is 0 Å². The van der Waals surface area contributed by atoms with Crippen molar-refractivity contribution in [1.82, 2.24) is 0 Å². The summed E-state index contributed by atoms with van der Waals surface area (Å²) in [5.74, 6) is -12.2. The number of likely N-dealkylation sites (N-methyl/N-ethyl adjacent to an activating group) is 1. The number of rotatable bonds is 4. The van der Waals surface area contributed by atoms with E-state index in [1.807, 2.05) is 26.2 Å². The zero-order valence-corrected chi connectivity index (χ0v) is 19.6. The Morgan fingerprint density at radius 3 is 1.56 bits per heavy atom. The van der Waals surface area contributed by atoms with Gasteiger partial charge in [0, 0.05) is 24.0 Å². The van der Waals surface area contributed by atoms with Crippen LogP contribution >= 0.6 is 0 Å². The first kappa shape index (κ1) is 26.2. The number of fused-ring (bicyclic) bond motifs is 2. The maximum Gasteiger partial charge on any atom is 0.347 e. The first-order chi connectivity index (χ1) is 15.4. The second-order valence-corrected chi connectivity index (χ2v) is 8.87. The van der Waals surface area contributed by atoms with Crippen molar-refractivity contribution < 1.29 is 62.4 Å². The number of hydrogen-bond acceptors (Lipinski definition) is 3. The average Bonchev–Trinajstić information content (AvgIpc) is 2.91. The van der Waals surface area contributed by atoms with Crippen molar-refractivity contribution in [2.75, 3.05) is 14.1 Å². The fourth-order valence-electron chi connectivity index (χ4n) is 4.55. The zero-order valence-electron chi connectivity index (χ0n) is 18.0. The first-order valence-corrected chi connectivity index (χ1v) is 10.1. The highest BCUT2D eigenvalue weighted by Crippen LogP contribution is 2.39. The number of quaternary nitrogens is 1. The average molecular weight is 552 g/mol. The van der Waals surface area contributed by atoms with Gasteiger partial charge in [0.1, 0.15) is 18.2 Å². The molecular formula is C23H20BrF6NO3. The maximum absolute atomic E-state index is 13.9. The molecule has 0 radical (unpaired) electrons. The first-order valence-electron chi connectivity index (χ1n) is 10.1. The highest BCUT2D eigenvalue weighted by Gasteiger charge is 2.50. The minimum atomic E-state index is -3.15. The summed E-state index contributed by atoms with van der Waals surface area (Å²) >= 11 is 0. The van der Waals surface area contributed by atoms with Gasteiger partial charge in [-0.3, -0.25) is 0 Å². The fraction of sp³-hybridized carbons (Fsp3) is 0.348. The molecule has 0 aromatic heterocycles. The molecule has 184 valence electrons. The van der Waals surface area contributed by atoms with Crippen LogP contribution in [0.4, 0.5) is 26.3 Å². The Morgan fingerprint density at radius 1 is 0.853 bits per heavy atom. The number of aliphatic hydroxyl groups is 1. The van der Waals surface area contributed by atoms with E-state index in [-0.39, 0.29) is 29.1 Å². The van der Waals surface area contributed by atoms with Crippen molar-refractivity contribution in [3.05, 3.63) is 82.4 Å². The van der Waals surface area contributed by atoms with Crippen molar-refractivity contribution in [3.63, 3.8) is 0 Å². The fourth-order valence-corrected chi connectivity index (χ4v) is 4.55. The minimum absolute atomic E-state index is 0. The van der Waals surface area contributed by atoms with Crippen molar-refractivity contribution in [3.8, 4) is 0 Å². The maximum atomic E-state index is 13.9. The number of carbonyl (C=O) groups is 1. The van der Waals surface area contributed by atoms with Crippen molar-refractivity contribution in [2.45, 2.75) is 36.6 Å². The number of piperidine rings is 1. The lowest BCUT2D eigenvalue weighted by molar-refractivity contribution is -0.926. The number of hydrogen-bond donors (Lipinski definition) is 1. The van der Waals surface area contributed by atoms with Crippen LogP contribution in [0.1, 0.15) is 24.0 Å². The van der Waals surface area contributed by atoms with E-state index < -0.39 is 63.7 Å². The van der Waals surface area contributed by atoms with Crippen molar-refractivity contribution >= 4 is 5.97 Å². The molecule has 2 heterocycles. The lowest BCUT2D eigenvalue weighted by Crippen LogP contribution is -3.00. The molecular weight excluding hydrogens is 532 g/mol. The number of esters is 1. The highest BCUT2D eigenvalue weighted by molar-refractivity contribution is 5.85. The minimum Gasteiger partial charge on any atom is -1.00 e. The molecule has 1 saturated heterocycles. The van der Waals surface area contributed by atoms with E-state index in [4.69, 9.17) is 4.74 Å². The molecule has 2 aliphatic rings. The Bertz CT molecular complexity index is 1050. The van der Waals surface area contributed by atoms with E-state index in [1.54, 1.807) is 0 Å². The molecule has 0 saturated carbocycles. The summed E-state index contributed by atoms with van der Waals surface area (Å²) in [6.45, 7) is 0. The van der Waals surface area contributed by atoms with Gasteiger partial charge in [-0.15, -0.1) is 0 Å². The quantitative estimate of drug-likeness (QED) is 0.201. The Kier molecular flexibility index (Phi) is 6.95. The van der Waals surface area contributed by atoms with E-state index in [2.05, 4.69) is 0 Å². The third kappa shape index (κ3) is 4.14. The topological polar surface area (TPSA) is 46.5 Å². The summed E-state index contributed by atoms with van der Waals surface area (Å²) in [5, 5.41) is 11.3. The molecule has 0 amide bonds. The predicted molar refractivity (Wildman–Crippen MR) is 104 cm³/mol. The van der Waals surface area contributed by atoms with Gasteiger partial charge in [0.15, 0.2) is 34.9 Å². The molecule has 4 rings (SSSR count). The number of benzene rings is 2. The van der Waals surface area contributed by atoms with Crippen LogP contribution in [0, 0.1) is 34.9 Å². The zero-order chi connectivity index (χ0) is 24.3.